The van der Waals surface area contributed by atoms with Crippen LogP contribution in [0.15, 0.2) is 6.07 Å². The van der Waals surface area contributed by atoms with Crippen molar-refractivity contribution in [3.8, 4) is 0 Å². The highest BCUT2D eigenvalue weighted by molar-refractivity contribution is 7.21. The molecular weight excluding hydrogens is 358 g/mol. The maximum absolute atomic E-state index is 13.2. The number of hydrogen-bond acceptors (Lipinski definition) is 5. The molecular formula is C21H27N3O2S. The summed E-state index contributed by atoms with van der Waals surface area (Å²) < 4.78 is 5.33. The first-order valence-corrected chi connectivity index (χ1v) is 10.8. The number of hydrogen-bond donors (Lipinski definition) is 2. The van der Waals surface area contributed by atoms with Crippen molar-refractivity contribution >= 4 is 33.1 Å². The molecule has 5 nitrogen and oxygen atoms in total. The normalized spacial score (nSPS) is 31.6. The molecule has 2 heterocycles. The number of anilines is 1. The van der Waals surface area contributed by atoms with Gasteiger partial charge in [-0.25, -0.2) is 4.98 Å². The molecule has 0 spiro atoms. The fraction of sp³-hybridized carbons (Fsp3) is 0.619. The van der Waals surface area contributed by atoms with Crippen molar-refractivity contribution in [3.63, 3.8) is 0 Å². The van der Waals surface area contributed by atoms with E-state index in [2.05, 4.69) is 10.3 Å². The predicted molar refractivity (Wildman–Crippen MR) is 108 cm³/mol. The molecule has 4 aliphatic carbocycles. The van der Waals surface area contributed by atoms with Gasteiger partial charge < -0.3 is 15.8 Å². The highest BCUT2D eigenvalue weighted by Gasteiger charge is 2.51. The highest BCUT2D eigenvalue weighted by Crippen LogP contribution is 2.55. The maximum Gasteiger partial charge on any atom is 0.264 e. The van der Waals surface area contributed by atoms with Gasteiger partial charge in [-0.2, -0.15) is 0 Å². The summed E-state index contributed by atoms with van der Waals surface area (Å²) in [6, 6.07) is 2.00. The Bertz CT molecular complexity index is 884. The Morgan fingerprint density at radius 2 is 1.93 bits per heavy atom. The van der Waals surface area contributed by atoms with Gasteiger partial charge in [0, 0.05) is 23.7 Å². The lowest BCUT2D eigenvalue weighted by Crippen LogP contribution is -2.59. The highest BCUT2D eigenvalue weighted by atomic mass is 32.1. The molecule has 27 heavy (non-hydrogen) atoms. The smallest absolute Gasteiger partial charge is 0.264 e. The Morgan fingerprint density at radius 3 is 2.52 bits per heavy atom. The van der Waals surface area contributed by atoms with Crippen LogP contribution in [-0.4, -0.2) is 23.5 Å². The number of ether oxygens (including phenoxy) is 1. The molecule has 0 aliphatic heterocycles. The molecule has 4 fully saturated rings. The van der Waals surface area contributed by atoms with E-state index in [1.54, 1.807) is 7.11 Å². The van der Waals surface area contributed by atoms with Gasteiger partial charge in [-0.15, -0.1) is 11.3 Å². The number of carbonyl (C=O) groups is 1. The second-order valence-corrected chi connectivity index (χ2v) is 10.0. The molecule has 6 rings (SSSR count). The molecule has 0 atom stereocenters. The van der Waals surface area contributed by atoms with Crippen LogP contribution in [0.1, 0.15) is 59.5 Å². The van der Waals surface area contributed by atoms with Crippen LogP contribution in [0, 0.1) is 24.7 Å². The van der Waals surface area contributed by atoms with Crippen LogP contribution >= 0.6 is 11.3 Å². The number of aryl methyl sites for hydroxylation is 1. The number of aromatic nitrogens is 1. The lowest BCUT2D eigenvalue weighted by Gasteiger charge is -2.56. The Morgan fingerprint density at radius 1 is 1.30 bits per heavy atom. The van der Waals surface area contributed by atoms with Crippen LogP contribution in [-0.2, 0) is 11.3 Å². The third-order valence-electron chi connectivity index (χ3n) is 6.83. The van der Waals surface area contributed by atoms with Crippen molar-refractivity contribution in [2.75, 3.05) is 12.8 Å². The maximum atomic E-state index is 13.2. The average Bonchev–Trinajstić information content (AvgIpc) is 2.90. The van der Waals surface area contributed by atoms with Crippen molar-refractivity contribution in [2.45, 2.75) is 57.6 Å². The molecule has 3 N–H and O–H groups in total. The first-order chi connectivity index (χ1) is 13.0. The minimum Gasteiger partial charge on any atom is -0.397 e. The summed E-state index contributed by atoms with van der Waals surface area (Å²) in [7, 11) is 1.67. The van der Waals surface area contributed by atoms with Crippen molar-refractivity contribution in [2.24, 2.45) is 17.8 Å². The number of nitrogens with one attached hydrogen (secondary N) is 1. The zero-order valence-electron chi connectivity index (χ0n) is 16.0. The van der Waals surface area contributed by atoms with Crippen LogP contribution in [0.5, 0.6) is 0 Å². The summed E-state index contributed by atoms with van der Waals surface area (Å²) in [6.45, 7) is 2.43. The fourth-order valence-corrected chi connectivity index (χ4v) is 7.42. The zero-order valence-corrected chi connectivity index (χ0v) is 16.8. The number of nitrogen functional groups attached to an aromatic ring is 1. The van der Waals surface area contributed by atoms with Crippen molar-refractivity contribution in [3.05, 3.63) is 22.2 Å². The van der Waals surface area contributed by atoms with E-state index < -0.39 is 0 Å². The number of thiophene rings is 1. The van der Waals surface area contributed by atoms with Gasteiger partial charge in [-0.1, -0.05) is 0 Å². The van der Waals surface area contributed by atoms with Crippen molar-refractivity contribution < 1.29 is 9.53 Å². The fourth-order valence-electron chi connectivity index (χ4n) is 6.34. The van der Waals surface area contributed by atoms with Crippen LogP contribution < -0.4 is 11.1 Å². The molecule has 0 aromatic carbocycles. The minimum absolute atomic E-state index is 0.00679. The summed E-state index contributed by atoms with van der Waals surface area (Å²) in [5.74, 6) is 2.38. The standard InChI is InChI=1S/C21H27N3O2S/c1-11-3-15(10-26-2)16-17(22)18(27-20(16)23-11)19(25)24-21-7-12-4-13(8-21)6-14(5-12)9-21/h3,12-14H,4-10,22H2,1-2H3,(H,24,25). The van der Waals surface area contributed by atoms with E-state index in [0.29, 0.717) is 17.2 Å². The molecule has 0 radical (unpaired) electrons. The first kappa shape index (κ1) is 17.4. The molecule has 144 valence electrons. The van der Waals surface area contributed by atoms with Crippen molar-refractivity contribution in [1.29, 1.82) is 0 Å². The molecule has 1 amide bonds. The van der Waals surface area contributed by atoms with Crippen LogP contribution in [0.4, 0.5) is 5.69 Å². The summed E-state index contributed by atoms with van der Waals surface area (Å²) in [4.78, 5) is 19.3. The minimum atomic E-state index is -0.0153. The number of nitrogens with two attached hydrogens (primary N) is 1. The van der Waals surface area contributed by atoms with E-state index in [4.69, 9.17) is 10.5 Å². The van der Waals surface area contributed by atoms with Gasteiger partial charge in [0.05, 0.1) is 12.3 Å². The van der Waals surface area contributed by atoms with Gasteiger partial charge in [0.15, 0.2) is 0 Å². The Labute approximate surface area is 163 Å². The largest absolute Gasteiger partial charge is 0.397 e. The SMILES string of the molecule is COCc1cc(C)nc2sc(C(=O)NC34CC5CC(CC(C5)C3)C4)c(N)c12. The van der Waals surface area contributed by atoms with E-state index >= 15 is 0 Å². The second-order valence-electron chi connectivity index (χ2n) is 9.03. The Balaban J connectivity index is 1.48. The van der Waals surface area contributed by atoms with Gasteiger partial charge in [0.2, 0.25) is 0 Å². The molecule has 4 saturated carbocycles. The monoisotopic (exact) mass is 385 g/mol. The number of amides is 1. The van der Waals surface area contributed by atoms with Gasteiger partial charge in [-0.3, -0.25) is 4.79 Å². The molecule has 4 bridgehead atoms. The third kappa shape index (κ3) is 2.85. The van der Waals surface area contributed by atoms with Crippen LogP contribution in [0.2, 0.25) is 0 Å². The third-order valence-corrected chi connectivity index (χ3v) is 7.93. The lowest BCUT2D eigenvalue weighted by atomic mass is 9.53. The van der Waals surface area contributed by atoms with E-state index in [0.717, 1.165) is 58.5 Å². The summed E-state index contributed by atoms with van der Waals surface area (Å²) in [5.41, 5.74) is 8.91. The van der Waals surface area contributed by atoms with E-state index in [9.17, 15) is 4.79 Å². The molecule has 4 aliphatic rings. The molecule has 2 aromatic heterocycles. The number of fused-ring (bicyclic) bond motifs is 1. The van der Waals surface area contributed by atoms with Crippen LogP contribution in [0.25, 0.3) is 10.2 Å². The van der Waals surface area contributed by atoms with Gasteiger partial charge in [0.1, 0.15) is 9.71 Å². The molecule has 6 heteroatoms. The van der Waals surface area contributed by atoms with Gasteiger partial charge in [0.25, 0.3) is 5.91 Å². The summed E-state index contributed by atoms with van der Waals surface area (Å²) in [6.07, 6.45) is 7.52. The van der Waals surface area contributed by atoms with E-state index in [-0.39, 0.29) is 11.4 Å². The summed E-state index contributed by atoms with van der Waals surface area (Å²) >= 11 is 1.41. The zero-order chi connectivity index (χ0) is 18.8. The Hall–Kier alpha value is -1.66. The van der Waals surface area contributed by atoms with E-state index in [1.165, 1.54) is 30.6 Å². The van der Waals surface area contributed by atoms with Gasteiger partial charge >= 0.3 is 0 Å². The first-order valence-electron chi connectivity index (χ1n) is 9.96. The average molecular weight is 386 g/mol. The quantitative estimate of drug-likeness (QED) is 0.833. The van der Waals surface area contributed by atoms with Gasteiger partial charge in [-0.05, 0) is 74.8 Å². The number of nitrogens with zero attached hydrogens (tertiary/aromatic N) is 1. The topological polar surface area (TPSA) is 77.2 Å². The second kappa shape index (κ2) is 6.17. The number of pyridine rings is 1. The summed E-state index contributed by atoms with van der Waals surface area (Å²) in [5, 5.41) is 4.32. The van der Waals surface area contributed by atoms with Crippen molar-refractivity contribution in [1.82, 2.24) is 10.3 Å². The molecule has 0 unspecified atom stereocenters. The number of rotatable bonds is 4. The molecule has 0 saturated heterocycles. The van der Waals surface area contributed by atoms with E-state index in [1.807, 2.05) is 13.0 Å². The number of methoxy groups -OCH3 is 1. The van der Waals surface area contributed by atoms with Crippen LogP contribution in [0.3, 0.4) is 0 Å². The lowest BCUT2D eigenvalue weighted by molar-refractivity contribution is -0.0166. The number of carbonyl (C=O) groups excluding carboxylic acids is 1. The Kier molecular flexibility index (Phi) is 3.99. The molecule has 2 aromatic rings. The predicted octanol–water partition coefficient (Wildman–Crippen LogP) is 4.03.